The van der Waals surface area contributed by atoms with Crippen LogP contribution in [-0.2, 0) is 0 Å². The molecule has 7 heteroatoms. The van der Waals surface area contributed by atoms with Gasteiger partial charge in [-0.1, -0.05) is 45.2 Å². The van der Waals surface area contributed by atoms with E-state index in [4.69, 9.17) is 14.5 Å². The Hall–Kier alpha value is -3.87. The predicted molar refractivity (Wildman–Crippen MR) is 150 cm³/mol. The fourth-order valence-electron chi connectivity index (χ4n) is 5.53. The molecule has 5 rings (SSSR count). The van der Waals surface area contributed by atoms with Crippen molar-refractivity contribution in [1.82, 2.24) is 19.9 Å². The lowest BCUT2D eigenvalue weighted by Crippen LogP contribution is -2.31. The van der Waals surface area contributed by atoms with Crippen LogP contribution < -0.4 is 14.8 Å². The smallest absolute Gasteiger partial charge is 0.251 e. The van der Waals surface area contributed by atoms with E-state index in [0.717, 1.165) is 41.0 Å². The molecule has 4 aromatic rings. The molecule has 0 aliphatic heterocycles. The highest BCUT2D eigenvalue weighted by atomic mass is 16.5. The summed E-state index contributed by atoms with van der Waals surface area (Å²) in [6.45, 7) is 4.19. The summed E-state index contributed by atoms with van der Waals surface area (Å²) in [7, 11) is 3.23. The minimum atomic E-state index is -0.193. The van der Waals surface area contributed by atoms with Crippen molar-refractivity contribution in [3.8, 4) is 23.0 Å². The first kappa shape index (κ1) is 25.8. The van der Waals surface area contributed by atoms with Crippen molar-refractivity contribution in [3.05, 3.63) is 71.9 Å². The fourth-order valence-corrected chi connectivity index (χ4v) is 5.53. The van der Waals surface area contributed by atoms with Crippen molar-refractivity contribution in [2.24, 2.45) is 5.92 Å². The summed E-state index contributed by atoms with van der Waals surface area (Å²) in [5.74, 6) is 2.21. The summed E-state index contributed by atoms with van der Waals surface area (Å²) in [5.41, 5.74) is 4.27. The van der Waals surface area contributed by atoms with Crippen LogP contribution in [0.15, 0.2) is 60.8 Å². The molecule has 1 atom stereocenters. The predicted octanol–water partition coefficient (Wildman–Crippen LogP) is 6.75. The second-order valence-corrected chi connectivity index (χ2v) is 10.3. The topological polar surface area (TPSA) is 78.3 Å². The zero-order valence-corrected chi connectivity index (χ0v) is 22.6. The largest absolute Gasteiger partial charge is 0.493 e. The van der Waals surface area contributed by atoms with E-state index in [1.165, 1.54) is 19.3 Å². The molecule has 1 aliphatic carbocycles. The van der Waals surface area contributed by atoms with E-state index in [0.29, 0.717) is 23.1 Å². The molecule has 2 heterocycles. The third-order valence-electron chi connectivity index (χ3n) is 7.51. The molecule has 2 aromatic carbocycles. The highest BCUT2D eigenvalue weighted by Crippen LogP contribution is 2.36. The number of aromatic nitrogens is 3. The van der Waals surface area contributed by atoms with Crippen LogP contribution >= 0.6 is 0 Å². The first-order chi connectivity index (χ1) is 18.5. The van der Waals surface area contributed by atoms with Gasteiger partial charge >= 0.3 is 0 Å². The Bertz CT molecular complexity index is 1410. The number of methoxy groups -OCH3 is 2. The van der Waals surface area contributed by atoms with Gasteiger partial charge in [0.05, 0.1) is 31.3 Å². The van der Waals surface area contributed by atoms with E-state index in [1.54, 1.807) is 20.4 Å². The Kier molecular flexibility index (Phi) is 7.63. The quantitative estimate of drug-likeness (QED) is 0.283. The fraction of sp³-hybridized carbons (Fsp3) is 0.387. The second-order valence-electron chi connectivity index (χ2n) is 10.3. The van der Waals surface area contributed by atoms with Crippen molar-refractivity contribution in [1.29, 1.82) is 0 Å². The number of ether oxygens (including phenoxy) is 2. The number of hydrogen-bond donors (Lipinski definition) is 1. The van der Waals surface area contributed by atoms with Crippen LogP contribution in [0.2, 0.25) is 0 Å². The number of amides is 1. The van der Waals surface area contributed by atoms with Gasteiger partial charge in [0.15, 0.2) is 17.3 Å². The van der Waals surface area contributed by atoms with E-state index in [9.17, 15) is 4.79 Å². The molecule has 2 aromatic heterocycles. The molecule has 38 heavy (non-hydrogen) atoms. The van der Waals surface area contributed by atoms with E-state index < -0.39 is 0 Å². The number of benzene rings is 2. The van der Waals surface area contributed by atoms with Gasteiger partial charge in [-0.05, 0) is 66.8 Å². The lowest BCUT2D eigenvalue weighted by Gasteiger charge is -2.25. The molecule has 1 aliphatic rings. The molecule has 1 saturated carbocycles. The number of imidazole rings is 1. The molecule has 0 saturated heterocycles. The summed E-state index contributed by atoms with van der Waals surface area (Å²) >= 11 is 0. The Morgan fingerprint density at radius 2 is 1.76 bits per heavy atom. The van der Waals surface area contributed by atoms with E-state index >= 15 is 0 Å². The van der Waals surface area contributed by atoms with Crippen LogP contribution in [0.1, 0.15) is 74.0 Å². The van der Waals surface area contributed by atoms with Crippen LogP contribution in [0.3, 0.4) is 0 Å². The number of nitrogens with one attached hydrogen (secondary N) is 1. The molecular weight excluding hydrogens is 476 g/mol. The van der Waals surface area contributed by atoms with Crippen LogP contribution in [-0.4, -0.2) is 34.7 Å². The summed E-state index contributed by atoms with van der Waals surface area (Å²) in [4.78, 5) is 23.1. The Morgan fingerprint density at radius 1 is 0.974 bits per heavy atom. The maximum absolute atomic E-state index is 13.5. The Morgan fingerprint density at radius 3 is 2.45 bits per heavy atom. The first-order valence-corrected chi connectivity index (χ1v) is 13.5. The maximum Gasteiger partial charge on any atom is 0.251 e. The third-order valence-corrected chi connectivity index (χ3v) is 7.51. The zero-order valence-electron chi connectivity index (χ0n) is 22.6. The van der Waals surface area contributed by atoms with Gasteiger partial charge in [0.2, 0.25) is 0 Å². The number of carbonyl (C=O) groups is 1. The van der Waals surface area contributed by atoms with Crippen molar-refractivity contribution in [3.63, 3.8) is 0 Å². The average Bonchev–Trinajstić information content (AvgIpc) is 3.35. The van der Waals surface area contributed by atoms with E-state index in [2.05, 4.69) is 28.7 Å². The van der Waals surface area contributed by atoms with Gasteiger partial charge < -0.3 is 19.4 Å². The Balaban J connectivity index is 1.48. The maximum atomic E-state index is 13.5. The standard InChI is InChI=1S/C31H36N4O3/c1-20(2)29(21-14-16-27(37-3)28(19-21)38-4)34-31(36)22-13-15-26-25(18-22)33-30(24-12-8-9-17-32-24)35(26)23-10-6-5-7-11-23/h8-9,12-20,23,29H,5-7,10-11H2,1-4H3,(H,34,36). The van der Waals surface area contributed by atoms with E-state index in [-0.39, 0.29) is 17.9 Å². The third kappa shape index (κ3) is 5.10. The highest BCUT2D eigenvalue weighted by Gasteiger charge is 2.25. The number of nitrogens with zero attached hydrogens (tertiary/aromatic N) is 3. The first-order valence-electron chi connectivity index (χ1n) is 13.5. The van der Waals surface area contributed by atoms with E-state index in [1.807, 2.05) is 54.6 Å². The molecule has 1 unspecified atom stereocenters. The Labute approximate surface area is 224 Å². The van der Waals surface area contributed by atoms with Gasteiger partial charge in [-0.25, -0.2) is 4.98 Å². The van der Waals surface area contributed by atoms with Crippen molar-refractivity contribution >= 4 is 16.9 Å². The minimum Gasteiger partial charge on any atom is -0.493 e. The molecule has 198 valence electrons. The van der Waals surface area contributed by atoms with Gasteiger partial charge in [0.25, 0.3) is 5.91 Å². The van der Waals surface area contributed by atoms with Gasteiger partial charge in [-0.2, -0.15) is 0 Å². The summed E-state index contributed by atoms with van der Waals surface area (Å²) in [6, 6.07) is 17.7. The molecule has 1 fully saturated rings. The normalized spacial score (nSPS) is 15.0. The van der Waals surface area contributed by atoms with Crippen molar-refractivity contribution in [2.75, 3.05) is 14.2 Å². The van der Waals surface area contributed by atoms with Crippen LogP contribution in [0.5, 0.6) is 11.5 Å². The van der Waals surface area contributed by atoms with Gasteiger partial charge in [0, 0.05) is 17.8 Å². The second kappa shape index (κ2) is 11.3. The summed E-state index contributed by atoms with van der Waals surface area (Å²) in [6.07, 6.45) is 7.80. The van der Waals surface area contributed by atoms with Gasteiger partial charge in [-0.3, -0.25) is 9.78 Å². The highest BCUT2D eigenvalue weighted by molar-refractivity contribution is 5.98. The molecule has 0 spiro atoms. The van der Waals surface area contributed by atoms with Crippen LogP contribution in [0.25, 0.3) is 22.6 Å². The zero-order chi connectivity index (χ0) is 26.6. The number of rotatable bonds is 8. The van der Waals surface area contributed by atoms with Crippen LogP contribution in [0, 0.1) is 5.92 Å². The number of hydrogen-bond acceptors (Lipinski definition) is 5. The minimum absolute atomic E-state index is 0.132. The van der Waals surface area contributed by atoms with Crippen molar-refractivity contribution in [2.45, 2.75) is 58.0 Å². The molecule has 0 bridgehead atoms. The monoisotopic (exact) mass is 512 g/mol. The summed E-state index contributed by atoms with van der Waals surface area (Å²) in [5, 5.41) is 3.24. The summed E-state index contributed by atoms with van der Waals surface area (Å²) < 4.78 is 13.2. The molecule has 1 N–H and O–H groups in total. The molecule has 0 radical (unpaired) electrons. The van der Waals surface area contributed by atoms with Gasteiger partial charge in [-0.15, -0.1) is 0 Å². The number of pyridine rings is 1. The molecule has 7 nitrogen and oxygen atoms in total. The van der Waals surface area contributed by atoms with Gasteiger partial charge in [0.1, 0.15) is 5.69 Å². The number of carbonyl (C=O) groups excluding carboxylic acids is 1. The lowest BCUT2D eigenvalue weighted by molar-refractivity contribution is 0.0925. The SMILES string of the molecule is COc1ccc(C(NC(=O)c2ccc3c(c2)nc(-c2ccccn2)n3C2CCCCC2)C(C)C)cc1OC. The van der Waals surface area contributed by atoms with Crippen molar-refractivity contribution < 1.29 is 14.3 Å². The lowest BCUT2D eigenvalue weighted by atomic mass is 9.94. The molecule has 1 amide bonds. The number of fused-ring (bicyclic) bond motifs is 1. The average molecular weight is 513 g/mol. The molecular formula is C31H36N4O3. The van der Waals surface area contributed by atoms with Crippen LogP contribution in [0.4, 0.5) is 0 Å².